The molecule has 13 heteroatoms. The van der Waals surface area contributed by atoms with Gasteiger partial charge < -0.3 is 26.8 Å². The first kappa shape index (κ1) is 32.9. The molecule has 0 fully saturated rings. The zero-order chi connectivity index (χ0) is 33.0. The summed E-state index contributed by atoms with van der Waals surface area (Å²) < 4.78 is 43.8. The van der Waals surface area contributed by atoms with Crippen LogP contribution in [0.4, 0.5) is 24.5 Å². The summed E-state index contributed by atoms with van der Waals surface area (Å²) in [7, 11) is 0. The van der Waals surface area contributed by atoms with Crippen LogP contribution in [0.15, 0.2) is 66.7 Å². The highest BCUT2D eigenvalue weighted by atomic mass is 35.5. The molecule has 4 aromatic rings. The minimum absolute atomic E-state index is 0.0511. The molecule has 1 aliphatic heterocycles. The second-order valence-electron chi connectivity index (χ2n) is 11.2. The van der Waals surface area contributed by atoms with Gasteiger partial charge in [0.1, 0.15) is 18.1 Å². The number of carbonyl (C=O) groups is 2. The molecule has 2 atom stereocenters. The van der Waals surface area contributed by atoms with E-state index >= 15 is 0 Å². The Morgan fingerprint density at radius 1 is 0.848 bits per heavy atom. The van der Waals surface area contributed by atoms with Crippen LogP contribution in [0.2, 0.25) is 5.02 Å². The Bertz CT molecular complexity index is 1750. The van der Waals surface area contributed by atoms with Gasteiger partial charge in [-0.15, -0.1) is 0 Å². The Morgan fingerprint density at radius 2 is 1.50 bits per heavy atom. The molecule has 2 heterocycles. The lowest BCUT2D eigenvalue weighted by atomic mass is 9.88. The van der Waals surface area contributed by atoms with E-state index in [4.69, 9.17) is 27.8 Å². The molecule has 6 N–H and O–H groups in total. The third kappa shape index (κ3) is 8.39. The minimum Gasteiger partial charge on any atom is -0.492 e. The van der Waals surface area contributed by atoms with Crippen molar-refractivity contribution >= 4 is 34.8 Å². The number of ether oxygens (including phenoxy) is 1. The lowest BCUT2D eigenvalue weighted by molar-refractivity contribution is -0.145. The third-order valence-corrected chi connectivity index (χ3v) is 7.69. The molecule has 0 saturated carbocycles. The van der Waals surface area contributed by atoms with E-state index in [2.05, 4.69) is 32.7 Å². The zero-order valence-electron chi connectivity index (χ0n) is 24.8. The van der Waals surface area contributed by atoms with E-state index in [-0.39, 0.29) is 29.4 Å². The summed E-state index contributed by atoms with van der Waals surface area (Å²) in [6.07, 6.45) is -1.17. The van der Waals surface area contributed by atoms with Crippen LogP contribution in [0, 0.1) is 6.92 Å². The second kappa shape index (κ2) is 13.9. The molecule has 46 heavy (non-hydrogen) atoms. The maximum atomic E-state index is 12.8. The maximum absolute atomic E-state index is 12.8. The van der Waals surface area contributed by atoms with Gasteiger partial charge in [-0.25, -0.2) is 9.97 Å². The lowest BCUT2D eigenvalue weighted by Gasteiger charge is -2.22. The number of nitrogens with two attached hydrogens (primary N) is 2. The van der Waals surface area contributed by atoms with Crippen LogP contribution in [0.1, 0.15) is 55.5 Å². The summed E-state index contributed by atoms with van der Waals surface area (Å²) in [6.45, 7) is 1.73. The van der Waals surface area contributed by atoms with E-state index < -0.39 is 17.9 Å². The number of alkyl halides is 3. The van der Waals surface area contributed by atoms with Crippen LogP contribution in [0.3, 0.4) is 0 Å². The minimum atomic E-state index is -4.72. The summed E-state index contributed by atoms with van der Waals surface area (Å²) in [5.41, 5.74) is 16.8. The number of benzene rings is 3. The quantitative estimate of drug-likeness (QED) is 0.220. The predicted octanol–water partition coefficient (Wildman–Crippen LogP) is 5.73. The molecule has 0 radical (unpaired) electrons. The number of nitrogens with zero attached hydrogens (tertiary/aromatic N) is 2. The van der Waals surface area contributed by atoms with E-state index in [0.717, 1.165) is 30.5 Å². The van der Waals surface area contributed by atoms with Crippen molar-refractivity contribution in [1.82, 2.24) is 9.97 Å². The van der Waals surface area contributed by atoms with E-state index in [1.165, 1.54) is 24.1 Å². The summed E-state index contributed by atoms with van der Waals surface area (Å²) in [6, 6.07) is 19.3. The highest BCUT2D eigenvalue weighted by Crippen LogP contribution is 2.29. The molecule has 0 spiro atoms. The number of hydrogen-bond donors (Lipinski definition) is 4. The van der Waals surface area contributed by atoms with Gasteiger partial charge >= 0.3 is 6.18 Å². The fourth-order valence-electron chi connectivity index (χ4n) is 5.15. The molecule has 3 aromatic carbocycles. The first-order valence-corrected chi connectivity index (χ1v) is 14.9. The molecule has 2 amide bonds. The molecule has 0 unspecified atom stereocenters. The van der Waals surface area contributed by atoms with E-state index in [0.29, 0.717) is 35.1 Å². The first-order valence-electron chi connectivity index (χ1n) is 14.5. The monoisotopic (exact) mass is 652 g/mol. The Hall–Kier alpha value is -4.52. The number of anilines is 2. The summed E-state index contributed by atoms with van der Waals surface area (Å²) >= 11 is 5.83. The number of aromatic nitrogens is 2. The smallest absolute Gasteiger partial charge is 0.451 e. The van der Waals surface area contributed by atoms with Gasteiger partial charge in [0, 0.05) is 45.8 Å². The van der Waals surface area contributed by atoms with Gasteiger partial charge in [-0.2, -0.15) is 13.2 Å². The summed E-state index contributed by atoms with van der Waals surface area (Å²) in [4.78, 5) is 31.0. The van der Waals surface area contributed by atoms with Crippen LogP contribution in [-0.4, -0.2) is 40.5 Å². The van der Waals surface area contributed by atoms with E-state index in [1.54, 1.807) is 42.5 Å². The van der Waals surface area contributed by atoms with E-state index in [9.17, 15) is 22.8 Å². The highest BCUT2D eigenvalue weighted by Gasteiger charge is 2.35. The largest absolute Gasteiger partial charge is 0.492 e. The number of rotatable bonds is 4. The van der Waals surface area contributed by atoms with Gasteiger partial charge in [-0.05, 0) is 97.8 Å². The molecule has 6 rings (SSSR count). The normalized spacial score (nSPS) is 16.9. The zero-order valence-corrected chi connectivity index (χ0v) is 25.6. The number of nitrogens with one attached hydrogen (secondary N) is 2. The van der Waals surface area contributed by atoms with Crippen LogP contribution in [0.5, 0.6) is 5.75 Å². The maximum Gasteiger partial charge on any atom is 0.451 e. The van der Waals surface area contributed by atoms with Gasteiger partial charge in [-0.3, -0.25) is 9.59 Å². The van der Waals surface area contributed by atoms with Crippen molar-refractivity contribution in [3.63, 3.8) is 0 Å². The number of carbonyl (C=O) groups excluding carboxylic acids is 2. The number of amides is 2. The predicted molar refractivity (Wildman–Crippen MR) is 169 cm³/mol. The van der Waals surface area contributed by atoms with Gasteiger partial charge in [0.15, 0.2) is 0 Å². The molecule has 9 nitrogen and oxygen atoms in total. The van der Waals surface area contributed by atoms with Crippen LogP contribution >= 0.6 is 11.6 Å². The SMILES string of the molecule is Cc1cc(C(=O)Nc2ccc3c(c2)OC[C@@H](N)C3)nc(C(F)(F)F)n1.N[C@@H]1CCc2cc(NC(=O)c3ccc(Cl)cc3)ccc2C1. The number of halogens is 4. The number of fused-ring (bicyclic) bond motifs is 2. The molecule has 2 aliphatic rings. The molecule has 1 aliphatic carbocycles. The third-order valence-electron chi connectivity index (χ3n) is 7.44. The Kier molecular flexibility index (Phi) is 9.90. The average Bonchev–Trinajstić information content (AvgIpc) is 3.01. The van der Waals surface area contributed by atoms with Crippen molar-refractivity contribution in [2.45, 2.75) is 50.9 Å². The van der Waals surface area contributed by atoms with Crippen LogP contribution in [0.25, 0.3) is 0 Å². The Morgan fingerprint density at radius 3 is 2.22 bits per heavy atom. The van der Waals surface area contributed by atoms with Crippen molar-refractivity contribution in [2.24, 2.45) is 11.5 Å². The van der Waals surface area contributed by atoms with Crippen molar-refractivity contribution in [3.8, 4) is 5.75 Å². The number of aryl methyl sites for hydroxylation is 2. The topological polar surface area (TPSA) is 145 Å². The Balaban J connectivity index is 0.000000184. The standard InChI is InChI=1S/C17H17ClN2O.C16H15F3N4O2/c18-14-5-1-11(2-6-14)17(21)20-16-8-4-12-9-15(19)7-3-13(12)10-16;1-8-4-12(23-15(21-8)16(17,18)19)14(24)22-11-3-2-9-5-10(20)7-25-13(9)6-11/h1-2,4-6,8,10,15H,3,7,9,19H2,(H,20,21);2-4,6,10H,5,7,20H2,1H3,(H,22,24)/t15-;10-/m10/s1. The van der Waals surface area contributed by atoms with Gasteiger partial charge in [0.25, 0.3) is 11.8 Å². The molecule has 1 aromatic heterocycles. The Labute approximate surface area is 268 Å². The average molecular weight is 653 g/mol. The van der Waals surface area contributed by atoms with Gasteiger partial charge in [0.2, 0.25) is 5.82 Å². The molecular formula is C33H32ClF3N6O3. The van der Waals surface area contributed by atoms with Crippen molar-refractivity contribution in [1.29, 1.82) is 0 Å². The second-order valence-corrected chi connectivity index (χ2v) is 11.7. The molecule has 0 saturated heterocycles. The molecule has 0 bridgehead atoms. The number of hydrogen-bond acceptors (Lipinski definition) is 7. The summed E-state index contributed by atoms with van der Waals surface area (Å²) in [5, 5.41) is 6.07. The van der Waals surface area contributed by atoms with Crippen molar-refractivity contribution in [3.05, 3.63) is 111 Å². The van der Waals surface area contributed by atoms with E-state index in [1.807, 2.05) is 6.07 Å². The fourth-order valence-corrected chi connectivity index (χ4v) is 5.27. The van der Waals surface area contributed by atoms with Gasteiger partial charge in [-0.1, -0.05) is 23.7 Å². The summed E-state index contributed by atoms with van der Waals surface area (Å²) in [5.74, 6) is -1.64. The van der Waals surface area contributed by atoms with Crippen molar-refractivity contribution < 1.29 is 27.5 Å². The fraction of sp³-hybridized carbons (Fsp3) is 0.273. The lowest BCUT2D eigenvalue weighted by Crippen LogP contribution is -2.33. The van der Waals surface area contributed by atoms with Crippen LogP contribution in [-0.2, 0) is 25.4 Å². The highest BCUT2D eigenvalue weighted by molar-refractivity contribution is 6.30. The molecule has 240 valence electrons. The van der Waals surface area contributed by atoms with Gasteiger partial charge in [0.05, 0.1) is 0 Å². The van der Waals surface area contributed by atoms with Crippen molar-refractivity contribution in [2.75, 3.05) is 17.2 Å². The first-order chi connectivity index (χ1) is 21.8. The molecular weight excluding hydrogens is 621 g/mol. The van der Waals surface area contributed by atoms with Crippen LogP contribution < -0.4 is 26.8 Å².